The predicted molar refractivity (Wildman–Crippen MR) is 83.7 cm³/mol. The molecular weight excluding hydrogens is 302 g/mol. The maximum Gasteiger partial charge on any atom is 0.209 e. The van der Waals surface area contributed by atoms with E-state index in [0.717, 1.165) is 0 Å². The zero-order valence-electron chi connectivity index (χ0n) is 13.3. The number of benzene rings is 1. The van der Waals surface area contributed by atoms with Crippen molar-refractivity contribution in [2.45, 2.75) is 43.8 Å². The van der Waals surface area contributed by atoms with Gasteiger partial charge in [0.15, 0.2) is 9.84 Å². The molecule has 0 aliphatic carbocycles. The van der Waals surface area contributed by atoms with Gasteiger partial charge in [-0.05, 0) is 31.2 Å². The Bertz CT molecular complexity index is 724. The molecule has 1 aromatic carbocycles. The van der Waals surface area contributed by atoms with Crippen LogP contribution in [-0.2, 0) is 21.0 Å². The second kappa shape index (κ2) is 6.12. The van der Waals surface area contributed by atoms with Gasteiger partial charge in [0.1, 0.15) is 17.3 Å². The average molecular weight is 323 g/mol. The van der Waals surface area contributed by atoms with Crippen LogP contribution < -0.4 is 4.74 Å². The molecule has 0 unspecified atom stereocenters. The van der Waals surface area contributed by atoms with Gasteiger partial charge in [-0.3, -0.25) is 0 Å². The van der Waals surface area contributed by atoms with Gasteiger partial charge in [-0.2, -0.15) is 0 Å². The maximum atomic E-state index is 12.4. The van der Waals surface area contributed by atoms with Gasteiger partial charge in [0.2, 0.25) is 5.89 Å². The quantitative estimate of drug-likeness (QED) is 0.844. The van der Waals surface area contributed by atoms with Crippen LogP contribution >= 0.6 is 0 Å². The van der Waals surface area contributed by atoms with Crippen molar-refractivity contribution in [3.63, 3.8) is 0 Å². The minimum absolute atomic E-state index is 0.200. The van der Waals surface area contributed by atoms with E-state index in [0.29, 0.717) is 18.1 Å². The van der Waals surface area contributed by atoms with E-state index >= 15 is 0 Å². The van der Waals surface area contributed by atoms with Gasteiger partial charge in [0.05, 0.1) is 17.7 Å². The first-order chi connectivity index (χ1) is 10.2. The molecule has 120 valence electrons. The lowest BCUT2D eigenvalue weighted by atomic mass is 9.94. The molecule has 0 N–H and O–H groups in total. The molecule has 0 fully saturated rings. The predicted octanol–water partition coefficient (Wildman–Crippen LogP) is 3.34. The molecule has 0 atom stereocenters. The Balaban J connectivity index is 2.18. The normalized spacial score (nSPS) is 12.4. The van der Waals surface area contributed by atoms with Crippen LogP contribution in [0.3, 0.4) is 0 Å². The van der Waals surface area contributed by atoms with Crippen LogP contribution in [0.2, 0.25) is 0 Å². The van der Waals surface area contributed by atoms with Crippen molar-refractivity contribution in [3.05, 3.63) is 42.1 Å². The van der Waals surface area contributed by atoms with Gasteiger partial charge < -0.3 is 9.15 Å². The number of ether oxygens (including phenoxy) is 1. The summed E-state index contributed by atoms with van der Waals surface area (Å²) < 4.78 is 35.6. The summed E-state index contributed by atoms with van der Waals surface area (Å²) in [6, 6.07) is 6.36. The Hall–Kier alpha value is -1.82. The highest BCUT2D eigenvalue weighted by molar-refractivity contribution is 7.90. The lowest BCUT2D eigenvalue weighted by Crippen LogP contribution is -2.09. The SMILES string of the molecule is CCOc1ccc(S(=O)(=O)Cc2ncc(C(C)(C)C)o2)cc1. The van der Waals surface area contributed by atoms with Crippen molar-refractivity contribution >= 4 is 9.84 Å². The van der Waals surface area contributed by atoms with E-state index in [4.69, 9.17) is 9.15 Å². The summed E-state index contributed by atoms with van der Waals surface area (Å²) >= 11 is 0. The van der Waals surface area contributed by atoms with E-state index in [-0.39, 0.29) is 22.0 Å². The van der Waals surface area contributed by atoms with E-state index < -0.39 is 9.84 Å². The minimum Gasteiger partial charge on any atom is -0.494 e. The number of aromatic nitrogens is 1. The zero-order chi connectivity index (χ0) is 16.4. The molecule has 0 saturated heterocycles. The third kappa shape index (κ3) is 3.88. The fraction of sp³-hybridized carbons (Fsp3) is 0.438. The molecule has 22 heavy (non-hydrogen) atoms. The molecule has 0 aliphatic heterocycles. The summed E-state index contributed by atoms with van der Waals surface area (Å²) in [4.78, 5) is 4.30. The lowest BCUT2D eigenvalue weighted by molar-refractivity contribution is 0.340. The molecule has 1 aromatic heterocycles. The molecule has 0 bridgehead atoms. The van der Waals surface area contributed by atoms with Gasteiger partial charge in [-0.1, -0.05) is 20.8 Å². The van der Waals surface area contributed by atoms with Gasteiger partial charge in [-0.15, -0.1) is 0 Å². The second-order valence-corrected chi connectivity index (χ2v) is 8.02. The van der Waals surface area contributed by atoms with Crippen LogP contribution in [0.15, 0.2) is 39.8 Å². The third-order valence-corrected chi connectivity index (χ3v) is 4.72. The summed E-state index contributed by atoms with van der Waals surface area (Å²) in [7, 11) is -3.49. The van der Waals surface area contributed by atoms with Crippen LogP contribution in [0.25, 0.3) is 0 Å². The highest BCUT2D eigenvalue weighted by atomic mass is 32.2. The molecule has 2 aromatic rings. The fourth-order valence-corrected chi connectivity index (χ4v) is 3.06. The Morgan fingerprint density at radius 1 is 1.18 bits per heavy atom. The number of oxazole rings is 1. The third-order valence-electron chi connectivity index (χ3n) is 3.10. The van der Waals surface area contributed by atoms with Gasteiger partial charge in [-0.25, -0.2) is 13.4 Å². The van der Waals surface area contributed by atoms with Crippen LogP contribution in [-0.4, -0.2) is 20.0 Å². The summed E-state index contributed by atoms with van der Waals surface area (Å²) in [5.74, 6) is 1.27. The number of hydrogen-bond donors (Lipinski definition) is 0. The Morgan fingerprint density at radius 3 is 2.32 bits per heavy atom. The van der Waals surface area contributed by atoms with E-state index in [1.54, 1.807) is 18.3 Å². The smallest absolute Gasteiger partial charge is 0.209 e. The van der Waals surface area contributed by atoms with Gasteiger partial charge in [0, 0.05) is 5.41 Å². The largest absolute Gasteiger partial charge is 0.494 e. The van der Waals surface area contributed by atoms with E-state index in [1.165, 1.54) is 12.1 Å². The summed E-state index contributed by atoms with van der Waals surface area (Å²) in [5.41, 5.74) is -0.200. The van der Waals surface area contributed by atoms with E-state index in [9.17, 15) is 8.42 Å². The average Bonchev–Trinajstić information content (AvgIpc) is 2.87. The van der Waals surface area contributed by atoms with Crippen molar-refractivity contribution in [2.75, 3.05) is 6.61 Å². The molecule has 0 amide bonds. The molecule has 0 saturated carbocycles. The van der Waals surface area contributed by atoms with Crippen LogP contribution in [0.5, 0.6) is 5.75 Å². The molecule has 5 nitrogen and oxygen atoms in total. The topological polar surface area (TPSA) is 69.4 Å². The maximum absolute atomic E-state index is 12.4. The molecular formula is C16H21NO4S. The molecule has 6 heteroatoms. The first-order valence-corrected chi connectivity index (χ1v) is 8.78. The highest BCUT2D eigenvalue weighted by Gasteiger charge is 2.23. The van der Waals surface area contributed by atoms with E-state index in [1.807, 2.05) is 27.7 Å². The highest BCUT2D eigenvalue weighted by Crippen LogP contribution is 2.25. The molecule has 0 spiro atoms. The summed E-state index contributed by atoms with van der Waals surface area (Å²) in [6.45, 7) is 8.37. The molecule has 0 radical (unpaired) electrons. The fourth-order valence-electron chi connectivity index (χ4n) is 1.88. The molecule has 0 aliphatic rings. The van der Waals surface area contributed by atoms with Crippen molar-refractivity contribution in [3.8, 4) is 5.75 Å². The van der Waals surface area contributed by atoms with Gasteiger partial charge in [0.25, 0.3) is 0 Å². The van der Waals surface area contributed by atoms with Crippen molar-refractivity contribution in [1.82, 2.24) is 4.98 Å². The molecule has 1 heterocycles. The summed E-state index contributed by atoms with van der Waals surface area (Å²) in [6.07, 6.45) is 1.59. The Labute approximate surface area is 131 Å². The number of hydrogen-bond acceptors (Lipinski definition) is 5. The van der Waals surface area contributed by atoms with Gasteiger partial charge >= 0.3 is 0 Å². The van der Waals surface area contributed by atoms with Crippen LogP contribution in [0.1, 0.15) is 39.3 Å². The van der Waals surface area contributed by atoms with Crippen molar-refractivity contribution in [2.24, 2.45) is 0 Å². The second-order valence-electron chi connectivity index (χ2n) is 6.03. The number of nitrogens with zero attached hydrogens (tertiary/aromatic N) is 1. The number of rotatable bonds is 5. The van der Waals surface area contributed by atoms with E-state index in [2.05, 4.69) is 4.98 Å². The molecule has 2 rings (SSSR count). The minimum atomic E-state index is -3.49. The zero-order valence-corrected chi connectivity index (χ0v) is 14.1. The first kappa shape index (κ1) is 16.5. The lowest BCUT2D eigenvalue weighted by Gasteiger charge is -2.13. The standard InChI is InChI=1S/C16H21NO4S/c1-5-20-12-6-8-13(9-7-12)22(18,19)11-15-17-10-14(21-15)16(2,3)4/h6-10H,5,11H2,1-4H3. The number of sulfone groups is 1. The van der Waals surface area contributed by atoms with Crippen molar-refractivity contribution < 1.29 is 17.6 Å². The van der Waals surface area contributed by atoms with Crippen LogP contribution in [0, 0.1) is 0 Å². The monoisotopic (exact) mass is 323 g/mol. The van der Waals surface area contributed by atoms with Crippen molar-refractivity contribution in [1.29, 1.82) is 0 Å². The van der Waals surface area contributed by atoms with Crippen LogP contribution in [0.4, 0.5) is 0 Å². The first-order valence-electron chi connectivity index (χ1n) is 7.13. The Kier molecular flexibility index (Phi) is 4.60. The summed E-state index contributed by atoms with van der Waals surface area (Å²) in [5, 5.41) is 0. The Morgan fingerprint density at radius 2 is 1.82 bits per heavy atom.